The number of aromatic nitrogens is 1. The lowest BCUT2D eigenvalue weighted by Crippen LogP contribution is -2.53. The van der Waals surface area contributed by atoms with Crippen LogP contribution in [0.2, 0.25) is 0 Å². The van der Waals surface area contributed by atoms with Gasteiger partial charge in [0.25, 0.3) is 5.91 Å². The number of benzene rings is 3. The van der Waals surface area contributed by atoms with Crippen LogP contribution in [0.15, 0.2) is 66.7 Å². The highest BCUT2D eigenvalue weighted by molar-refractivity contribution is 7.89. The minimum Gasteiger partial charge on any atom is -0.272 e. The van der Waals surface area contributed by atoms with E-state index in [-0.39, 0.29) is 18.2 Å². The van der Waals surface area contributed by atoms with E-state index in [2.05, 4.69) is 6.07 Å². The Hall–Kier alpha value is -3.07. The van der Waals surface area contributed by atoms with E-state index in [1.54, 1.807) is 11.8 Å². The van der Waals surface area contributed by atoms with Gasteiger partial charge in [-0.25, -0.2) is 13.4 Å². The van der Waals surface area contributed by atoms with E-state index in [1.165, 1.54) is 15.6 Å². The number of thiazole rings is 1. The number of hydrogen-bond donors (Lipinski definition) is 0. The largest absolute Gasteiger partial charge is 0.272 e. The number of carbonyl (C=O) groups is 1. The number of sulfonamides is 1. The number of amides is 1. The minimum absolute atomic E-state index is 0.0658. The van der Waals surface area contributed by atoms with Crippen molar-refractivity contribution in [2.75, 3.05) is 10.7 Å². The van der Waals surface area contributed by atoms with Crippen LogP contribution in [0.4, 0.5) is 10.8 Å². The van der Waals surface area contributed by atoms with Gasteiger partial charge < -0.3 is 0 Å². The second-order valence-electron chi connectivity index (χ2n) is 8.92. The first-order chi connectivity index (χ1) is 16.8. The first kappa shape index (κ1) is 23.7. The molecule has 0 N–H and O–H groups in total. The quantitative estimate of drug-likeness (QED) is 0.366. The standard InChI is InChI=1S/C27H27N3O3S2/c1-4-35(32,33)29-17-21-10-6-5-9-20(21)16-24(29)26(31)30(22-14-18(2)13-19(3)15-22)27-28-23-11-7-8-12-25(23)34-27/h5-15,24H,4,16-17H2,1-3H3/t24-/m1/s1. The van der Waals surface area contributed by atoms with Gasteiger partial charge in [0.15, 0.2) is 5.13 Å². The van der Waals surface area contributed by atoms with E-state index in [9.17, 15) is 13.2 Å². The van der Waals surface area contributed by atoms with E-state index in [1.807, 2.05) is 74.5 Å². The van der Waals surface area contributed by atoms with Gasteiger partial charge in [0.1, 0.15) is 6.04 Å². The fourth-order valence-electron chi connectivity index (χ4n) is 4.68. The van der Waals surface area contributed by atoms with Crippen LogP contribution >= 0.6 is 11.3 Å². The van der Waals surface area contributed by atoms with Gasteiger partial charge >= 0.3 is 0 Å². The lowest BCUT2D eigenvalue weighted by molar-refractivity contribution is -0.121. The summed E-state index contributed by atoms with van der Waals surface area (Å²) in [6.45, 7) is 5.78. The summed E-state index contributed by atoms with van der Waals surface area (Å²) < 4.78 is 28.7. The molecule has 4 aromatic rings. The van der Waals surface area contributed by atoms with Gasteiger partial charge in [-0.2, -0.15) is 4.31 Å². The molecule has 0 fully saturated rings. The van der Waals surface area contributed by atoms with Crippen molar-refractivity contribution < 1.29 is 13.2 Å². The Morgan fingerprint density at radius 1 is 1.03 bits per heavy atom. The Balaban J connectivity index is 1.67. The second-order valence-corrected chi connectivity index (χ2v) is 12.1. The zero-order valence-electron chi connectivity index (χ0n) is 19.9. The first-order valence-corrected chi connectivity index (χ1v) is 14.0. The minimum atomic E-state index is -3.63. The van der Waals surface area contributed by atoms with Crippen molar-refractivity contribution in [1.29, 1.82) is 0 Å². The summed E-state index contributed by atoms with van der Waals surface area (Å²) in [5, 5.41) is 0.536. The van der Waals surface area contributed by atoms with E-state index >= 15 is 0 Å². The van der Waals surface area contributed by atoms with Gasteiger partial charge in [-0.05, 0) is 73.7 Å². The topological polar surface area (TPSA) is 70.6 Å². The van der Waals surface area contributed by atoms with Crippen LogP contribution in [0.3, 0.4) is 0 Å². The highest BCUT2D eigenvalue weighted by atomic mass is 32.2. The van der Waals surface area contributed by atoms with Crippen LogP contribution in [0.5, 0.6) is 0 Å². The number of para-hydroxylation sites is 1. The number of aryl methyl sites for hydroxylation is 2. The summed E-state index contributed by atoms with van der Waals surface area (Å²) in [5.74, 6) is -0.357. The predicted octanol–water partition coefficient (Wildman–Crippen LogP) is 5.35. The fraction of sp³-hybridized carbons (Fsp3) is 0.259. The lowest BCUT2D eigenvalue weighted by Gasteiger charge is -2.37. The molecule has 0 unspecified atom stereocenters. The molecule has 3 aromatic carbocycles. The molecule has 0 radical (unpaired) electrons. The van der Waals surface area contributed by atoms with Crippen LogP contribution in [0, 0.1) is 13.8 Å². The molecule has 0 bridgehead atoms. The highest BCUT2D eigenvalue weighted by Crippen LogP contribution is 2.37. The molecular formula is C27H27N3O3S2. The molecule has 0 aliphatic carbocycles. The molecule has 1 atom stereocenters. The molecule has 35 heavy (non-hydrogen) atoms. The van der Waals surface area contributed by atoms with Gasteiger partial charge in [-0.1, -0.05) is 53.8 Å². The number of carbonyl (C=O) groups excluding carboxylic acids is 1. The maximum atomic E-state index is 14.4. The number of rotatable bonds is 5. The molecule has 8 heteroatoms. The van der Waals surface area contributed by atoms with E-state index in [0.29, 0.717) is 17.2 Å². The molecular weight excluding hydrogens is 478 g/mol. The Morgan fingerprint density at radius 2 is 1.69 bits per heavy atom. The molecule has 180 valence electrons. The number of fused-ring (bicyclic) bond motifs is 2. The zero-order chi connectivity index (χ0) is 24.7. The van der Waals surface area contributed by atoms with Crippen molar-refractivity contribution in [1.82, 2.24) is 9.29 Å². The summed E-state index contributed by atoms with van der Waals surface area (Å²) in [7, 11) is -3.63. The van der Waals surface area contributed by atoms with E-state index in [4.69, 9.17) is 4.98 Å². The highest BCUT2D eigenvalue weighted by Gasteiger charge is 2.41. The maximum Gasteiger partial charge on any atom is 0.252 e. The third-order valence-corrected chi connectivity index (χ3v) is 9.22. The van der Waals surface area contributed by atoms with Crippen molar-refractivity contribution >= 4 is 48.3 Å². The van der Waals surface area contributed by atoms with Crippen LogP contribution in [0.25, 0.3) is 10.2 Å². The number of hydrogen-bond acceptors (Lipinski definition) is 5. The fourth-order valence-corrected chi connectivity index (χ4v) is 6.90. The SMILES string of the molecule is CCS(=O)(=O)N1Cc2ccccc2C[C@@H]1C(=O)N(c1cc(C)cc(C)c1)c1nc2ccccc2s1. The van der Waals surface area contributed by atoms with Gasteiger partial charge in [0.05, 0.1) is 21.7 Å². The van der Waals surface area contributed by atoms with Gasteiger partial charge in [-0.3, -0.25) is 9.69 Å². The molecule has 0 spiro atoms. The van der Waals surface area contributed by atoms with Crippen molar-refractivity contribution in [3.05, 3.63) is 89.0 Å². The van der Waals surface area contributed by atoms with Crippen molar-refractivity contribution in [3.8, 4) is 0 Å². The predicted molar refractivity (Wildman–Crippen MR) is 142 cm³/mol. The third-order valence-electron chi connectivity index (χ3n) is 6.37. The number of nitrogens with zero attached hydrogens (tertiary/aromatic N) is 3. The molecule has 0 saturated carbocycles. The smallest absolute Gasteiger partial charge is 0.252 e. The first-order valence-electron chi connectivity index (χ1n) is 11.6. The van der Waals surface area contributed by atoms with E-state index < -0.39 is 16.1 Å². The average Bonchev–Trinajstić information content (AvgIpc) is 3.26. The third kappa shape index (κ3) is 4.49. The molecule has 2 heterocycles. The van der Waals surface area contributed by atoms with Crippen LogP contribution in [-0.2, 0) is 27.8 Å². The molecule has 1 aliphatic rings. The second kappa shape index (κ2) is 9.18. The Labute approximate surface area is 209 Å². The molecule has 1 aliphatic heterocycles. The summed E-state index contributed by atoms with van der Waals surface area (Å²) in [5.41, 5.74) is 5.47. The molecule has 1 aromatic heterocycles. The Bertz CT molecular complexity index is 1470. The Kier molecular flexibility index (Phi) is 6.21. The van der Waals surface area contributed by atoms with Gasteiger partial charge in [-0.15, -0.1) is 0 Å². The summed E-state index contributed by atoms with van der Waals surface area (Å²) in [4.78, 5) is 20.8. The normalized spacial score (nSPS) is 16.3. The molecule has 5 rings (SSSR count). The van der Waals surface area contributed by atoms with Crippen LogP contribution < -0.4 is 4.90 Å². The van der Waals surface area contributed by atoms with Gasteiger partial charge in [0.2, 0.25) is 10.0 Å². The molecule has 6 nitrogen and oxygen atoms in total. The van der Waals surface area contributed by atoms with Crippen LogP contribution in [0.1, 0.15) is 29.2 Å². The molecule has 1 amide bonds. The number of anilines is 2. The average molecular weight is 506 g/mol. The zero-order valence-corrected chi connectivity index (χ0v) is 21.6. The monoisotopic (exact) mass is 505 g/mol. The molecule has 0 saturated heterocycles. The lowest BCUT2D eigenvalue weighted by atomic mass is 9.95. The Morgan fingerprint density at radius 3 is 2.37 bits per heavy atom. The summed E-state index contributed by atoms with van der Waals surface area (Å²) in [6.07, 6.45) is 0.320. The van der Waals surface area contributed by atoms with Crippen LogP contribution in [-0.4, -0.2) is 35.4 Å². The van der Waals surface area contributed by atoms with Crippen molar-refractivity contribution in [3.63, 3.8) is 0 Å². The van der Waals surface area contributed by atoms with Gasteiger partial charge in [0, 0.05) is 6.54 Å². The van der Waals surface area contributed by atoms with E-state index in [0.717, 1.165) is 32.5 Å². The summed E-state index contributed by atoms with van der Waals surface area (Å²) in [6, 6.07) is 20.6. The van der Waals surface area contributed by atoms with Crippen molar-refractivity contribution in [2.24, 2.45) is 0 Å². The maximum absolute atomic E-state index is 14.4. The van der Waals surface area contributed by atoms with Crippen molar-refractivity contribution in [2.45, 2.75) is 39.8 Å². The summed E-state index contributed by atoms with van der Waals surface area (Å²) >= 11 is 1.43.